The molecule has 1 aromatic carbocycles. The minimum Gasteiger partial charge on any atom is -0.481 e. The summed E-state index contributed by atoms with van der Waals surface area (Å²) in [4.78, 5) is 22.9. The highest BCUT2D eigenvalue weighted by Crippen LogP contribution is 2.34. The average molecular weight is 421 g/mol. The van der Waals surface area contributed by atoms with E-state index in [1.807, 2.05) is 55.8 Å². The smallest absolute Gasteiger partial charge is 0.307 e. The standard InChI is InChI=1S/C23H21ClN4O2/c1-27(23-25-12-14-4-2-3-5-19(14)26-23)16-7-8-17-18(11-22(29)30)20-9-6-15(24)13-28(20)21(17)10-16/h2-6,9,12-13,16H,7-8,10-11H2,1H3,(H,29,30). The van der Waals surface area contributed by atoms with E-state index in [9.17, 15) is 9.90 Å². The number of aromatic nitrogens is 3. The van der Waals surface area contributed by atoms with Crippen molar-refractivity contribution in [3.05, 3.63) is 70.6 Å². The molecule has 0 bridgehead atoms. The molecular weight excluding hydrogens is 400 g/mol. The number of carboxylic acids is 1. The van der Waals surface area contributed by atoms with E-state index >= 15 is 0 Å². The van der Waals surface area contributed by atoms with Gasteiger partial charge in [0, 0.05) is 48.5 Å². The zero-order chi connectivity index (χ0) is 20.8. The Morgan fingerprint density at radius 1 is 1.30 bits per heavy atom. The molecule has 1 atom stereocenters. The predicted octanol–water partition coefficient (Wildman–Crippen LogP) is 4.16. The van der Waals surface area contributed by atoms with E-state index in [1.165, 1.54) is 0 Å². The molecule has 152 valence electrons. The van der Waals surface area contributed by atoms with Crippen molar-refractivity contribution < 1.29 is 9.90 Å². The Hall–Kier alpha value is -3.12. The molecule has 6 nitrogen and oxygen atoms in total. The Labute approximate surface area is 178 Å². The molecule has 0 fully saturated rings. The van der Waals surface area contributed by atoms with Gasteiger partial charge in [-0.3, -0.25) is 4.79 Å². The van der Waals surface area contributed by atoms with Crippen molar-refractivity contribution in [2.75, 3.05) is 11.9 Å². The molecule has 0 amide bonds. The minimum absolute atomic E-state index is 0.0226. The highest BCUT2D eigenvalue weighted by atomic mass is 35.5. The van der Waals surface area contributed by atoms with Crippen LogP contribution in [0.2, 0.25) is 5.02 Å². The van der Waals surface area contributed by atoms with Crippen molar-refractivity contribution in [1.82, 2.24) is 14.4 Å². The number of fused-ring (bicyclic) bond motifs is 4. The van der Waals surface area contributed by atoms with Gasteiger partial charge in [-0.2, -0.15) is 0 Å². The lowest BCUT2D eigenvalue weighted by atomic mass is 9.89. The number of carboxylic acid groups (broad SMARTS) is 1. The van der Waals surface area contributed by atoms with Gasteiger partial charge in [-0.1, -0.05) is 29.8 Å². The molecule has 0 spiro atoms. The van der Waals surface area contributed by atoms with Gasteiger partial charge in [0.05, 0.1) is 17.0 Å². The largest absolute Gasteiger partial charge is 0.481 e. The molecule has 1 aliphatic rings. The first-order chi connectivity index (χ1) is 14.5. The van der Waals surface area contributed by atoms with E-state index in [4.69, 9.17) is 16.6 Å². The molecule has 7 heteroatoms. The molecule has 3 aromatic heterocycles. The van der Waals surface area contributed by atoms with Gasteiger partial charge in [-0.15, -0.1) is 0 Å². The van der Waals surface area contributed by atoms with Crippen molar-refractivity contribution in [3.63, 3.8) is 0 Å². The van der Waals surface area contributed by atoms with E-state index in [2.05, 4.69) is 14.3 Å². The summed E-state index contributed by atoms with van der Waals surface area (Å²) in [5.41, 5.74) is 5.03. The number of hydrogen-bond acceptors (Lipinski definition) is 4. The third-order valence-electron chi connectivity index (χ3n) is 6.05. The highest BCUT2D eigenvalue weighted by molar-refractivity contribution is 6.30. The molecule has 0 aliphatic heterocycles. The van der Waals surface area contributed by atoms with Crippen LogP contribution >= 0.6 is 11.6 Å². The summed E-state index contributed by atoms with van der Waals surface area (Å²) in [6, 6.07) is 11.9. The Bertz CT molecular complexity index is 1280. The summed E-state index contributed by atoms with van der Waals surface area (Å²) >= 11 is 6.26. The van der Waals surface area contributed by atoms with Gasteiger partial charge >= 0.3 is 5.97 Å². The number of aliphatic carboxylic acids is 1. The minimum atomic E-state index is -0.816. The number of likely N-dealkylation sites (N-methyl/N-ethyl adjacent to an activating group) is 1. The monoisotopic (exact) mass is 420 g/mol. The van der Waals surface area contributed by atoms with Crippen LogP contribution in [-0.2, 0) is 24.1 Å². The predicted molar refractivity (Wildman–Crippen MR) is 118 cm³/mol. The summed E-state index contributed by atoms with van der Waals surface area (Å²) in [6.07, 6.45) is 6.28. The number of pyridine rings is 1. The molecule has 0 saturated heterocycles. The zero-order valence-corrected chi connectivity index (χ0v) is 17.3. The van der Waals surface area contributed by atoms with Crippen LogP contribution < -0.4 is 4.90 Å². The molecule has 1 unspecified atom stereocenters. The van der Waals surface area contributed by atoms with Crippen LogP contribution in [-0.4, -0.2) is 38.5 Å². The van der Waals surface area contributed by atoms with Crippen LogP contribution in [0.4, 0.5) is 5.95 Å². The quantitative estimate of drug-likeness (QED) is 0.537. The second-order valence-electron chi connectivity index (χ2n) is 7.81. The number of nitrogens with zero attached hydrogens (tertiary/aromatic N) is 4. The lowest BCUT2D eigenvalue weighted by Crippen LogP contribution is -2.38. The summed E-state index contributed by atoms with van der Waals surface area (Å²) in [5.74, 6) is -0.115. The Morgan fingerprint density at radius 3 is 2.97 bits per heavy atom. The first-order valence-corrected chi connectivity index (χ1v) is 10.4. The average Bonchev–Trinajstić information content (AvgIpc) is 3.04. The van der Waals surface area contributed by atoms with E-state index in [0.29, 0.717) is 11.0 Å². The summed E-state index contributed by atoms with van der Waals surface area (Å²) in [7, 11) is 2.03. The van der Waals surface area contributed by atoms with Gasteiger partial charge in [0.15, 0.2) is 0 Å². The maximum absolute atomic E-state index is 11.5. The molecular formula is C23H21ClN4O2. The van der Waals surface area contributed by atoms with Crippen LogP contribution in [0, 0.1) is 0 Å². The SMILES string of the molecule is CN(c1ncc2ccccc2n1)C1CCc2c(CC(=O)O)c3ccc(Cl)cn3c2C1. The molecule has 3 heterocycles. The molecule has 4 aromatic rings. The van der Waals surface area contributed by atoms with Crippen LogP contribution in [0.3, 0.4) is 0 Å². The van der Waals surface area contributed by atoms with Crippen LogP contribution in [0.5, 0.6) is 0 Å². The van der Waals surface area contributed by atoms with Gasteiger partial charge in [-0.05, 0) is 42.2 Å². The van der Waals surface area contributed by atoms with Gasteiger partial charge in [0.1, 0.15) is 0 Å². The van der Waals surface area contributed by atoms with Gasteiger partial charge < -0.3 is 14.4 Å². The number of benzene rings is 1. The van der Waals surface area contributed by atoms with Gasteiger partial charge in [-0.25, -0.2) is 9.97 Å². The zero-order valence-electron chi connectivity index (χ0n) is 16.5. The summed E-state index contributed by atoms with van der Waals surface area (Å²) in [6.45, 7) is 0. The van der Waals surface area contributed by atoms with Crippen molar-refractivity contribution >= 4 is 39.9 Å². The summed E-state index contributed by atoms with van der Waals surface area (Å²) in [5, 5.41) is 11.1. The van der Waals surface area contributed by atoms with Crippen molar-refractivity contribution in [2.45, 2.75) is 31.7 Å². The number of halogens is 1. The van der Waals surface area contributed by atoms with E-state index in [-0.39, 0.29) is 12.5 Å². The first kappa shape index (κ1) is 18.9. The van der Waals surface area contributed by atoms with E-state index in [0.717, 1.165) is 52.5 Å². The lowest BCUT2D eigenvalue weighted by Gasteiger charge is -2.32. The van der Waals surface area contributed by atoms with Crippen molar-refractivity contribution in [3.8, 4) is 0 Å². The maximum Gasteiger partial charge on any atom is 0.307 e. The fourth-order valence-electron chi connectivity index (χ4n) is 4.55. The third-order valence-corrected chi connectivity index (χ3v) is 6.27. The number of anilines is 1. The lowest BCUT2D eigenvalue weighted by molar-refractivity contribution is -0.136. The number of rotatable bonds is 4. The van der Waals surface area contributed by atoms with E-state index in [1.54, 1.807) is 0 Å². The van der Waals surface area contributed by atoms with Crippen molar-refractivity contribution in [1.29, 1.82) is 0 Å². The number of para-hydroxylation sites is 1. The third kappa shape index (κ3) is 3.17. The topological polar surface area (TPSA) is 70.7 Å². The second kappa shape index (κ2) is 7.29. The molecule has 0 saturated carbocycles. The fraction of sp³-hybridized carbons (Fsp3) is 0.261. The van der Waals surface area contributed by atoms with E-state index < -0.39 is 5.97 Å². The van der Waals surface area contributed by atoms with Gasteiger partial charge in [0.2, 0.25) is 5.95 Å². The molecule has 1 aliphatic carbocycles. The van der Waals surface area contributed by atoms with Gasteiger partial charge in [0.25, 0.3) is 0 Å². The maximum atomic E-state index is 11.5. The van der Waals surface area contributed by atoms with Crippen LogP contribution in [0.25, 0.3) is 16.4 Å². The number of hydrogen-bond donors (Lipinski definition) is 1. The Kier molecular flexibility index (Phi) is 4.59. The van der Waals surface area contributed by atoms with Crippen LogP contribution in [0.15, 0.2) is 48.8 Å². The highest BCUT2D eigenvalue weighted by Gasteiger charge is 2.29. The van der Waals surface area contributed by atoms with Crippen molar-refractivity contribution in [2.24, 2.45) is 0 Å². The first-order valence-electron chi connectivity index (χ1n) is 9.98. The normalized spacial score (nSPS) is 16.0. The summed E-state index contributed by atoms with van der Waals surface area (Å²) < 4.78 is 2.07. The molecule has 5 rings (SSSR count). The fourth-order valence-corrected chi connectivity index (χ4v) is 4.71. The Morgan fingerprint density at radius 2 is 2.13 bits per heavy atom. The molecule has 1 N–H and O–H groups in total. The van der Waals surface area contributed by atoms with Crippen LogP contribution in [0.1, 0.15) is 23.2 Å². The number of carbonyl (C=O) groups is 1. The Balaban J connectivity index is 1.52. The second-order valence-corrected chi connectivity index (χ2v) is 8.25. The molecule has 0 radical (unpaired) electrons. The molecule has 30 heavy (non-hydrogen) atoms.